The Morgan fingerprint density at radius 1 is 1.16 bits per heavy atom. The molecular formula is C23H33IN4O2S. The predicted molar refractivity (Wildman–Crippen MR) is 139 cm³/mol. The van der Waals surface area contributed by atoms with Gasteiger partial charge in [-0.1, -0.05) is 37.5 Å². The SMILES string of the molecule is CN=C(NCCc1ccc(OCC(N)=O)cc1)NCC1(c2cccs2)CCCCC1.I. The highest BCUT2D eigenvalue weighted by atomic mass is 127. The minimum Gasteiger partial charge on any atom is -0.484 e. The van der Waals surface area contributed by atoms with Gasteiger partial charge in [0.2, 0.25) is 0 Å². The minimum absolute atomic E-state index is 0. The van der Waals surface area contributed by atoms with Gasteiger partial charge in [0.05, 0.1) is 0 Å². The van der Waals surface area contributed by atoms with Gasteiger partial charge < -0.3 is 21.1 Å². The molecule has 4 N–H and O–H groups in total. The molecule has 1 fully saturated rings. The zero-order valence-corrected chi connectivity index (χ0v) is 21.2. The summed E-state index contributed by atoms with van der Waals surface area (Å²) < 4.78 is 5.29. The molecule has 0 radical (unpaired) electrons. The van der Waals surface area contributed by atoms with Crippen molar-refractivity contribution in [2.75, 3.05) is 26.7 Å². The molecule has 6 nitrogen and oxygen atoms in total. The first-order chi connectivity index (χ1) is 14.6. The molecule has 8 heteroatoms. The maximum atomic E-state index is 10.8. The smallest absolute Gasteiger partial charge is 0.255 e. The molecule has 1 heterocycles. The maximum Gasteiger partial charge on any atom is 0.255 e. The first kappa shape index (κ1) is 25.5. The van der Waals surface area contributed by atoms with Crippen LogP contribution in [0.3, 0.4) is 0 Å². The van der Waals surface area contributed by atoms with Crippen LogP contribution in [0.15, 0.2) is 46.8 Å². The number of ether oxygens (including phenoxy) is 1. The number of hydrogen-bond acceptors (Lipinski definition) is 4. The van der Waals surface area contributed by atoms with E-state index >= 15 is 0 Å². The quantitative estimate of drug-likeness (QED) is 0.249. The van der Waals surface area contributed by atoms with Gasteiger partial charge in [0.15, 0.2) is 12.6 Å². The van der Waals surface area contributed by atoms with E-state index in [1.165, 1.54) is 42.5 Å². The van der Waals surface area contributed by atoms with Gasteiger partial charge in [-0.05, 0) is 48.4 Å². The molecule has 1 aliphatic carbocycles. The summed E-state index contributed by atoms with van der Waals surface area (Å²) in [4.78, 5) is 16.7. The van der Waals surface area contributed by atoms with Crippen LogP contribution in [0.5, 0.6) is 5.75 Å². The third-order valence-corrected chi connectivity index (χ3v) is 6.80. The largest absolute Gasteiger partial charge is 0.484 e. The fourth-order valence-corrected chi connectivity index (χ4v) is 5.01. The van der Waals surface area contributed by atoms with Gasteiger partial charge in [-0.2, -0.15) is 0 Å². The predicted octanol–water partition coefficient (Wildman–Crippen LogP) is 3.84. The average molecular weight is 557 g/mol. The lowest BCUT2D eigenvalue weighted by Gasteiger charge is -2.37. The number of hydrogen-bond donors (Lipinski definition) is 3. The molecule has 3 rings (SSSR count). The van der Waals surface area contributed by atoms with E-state index in [1.54, 1.807) is 0 Å². The topological polar surface area (TPSA) is 88.7 Å². The van der Waals surface area contributed by atoms with Crippen molar-refractivity contribution in [3.8, 4) is 5.75 Å². The van der Waals surface area contributed by atoms with Gasteiger partial charge in [0.1, 0.15) is 5.75 Å². The number of carbonyl (C=O) groups is 1. The molecule has 0 bridgehead atoms. The number of nitrogens with one attached hydrogen (secondary N) is 2. The fourth-order valence-electron chi connectivity index (χ4n) is 4.02. The summed E-state index contributed by atoms with van der Waals surface area (Å²) in [7, 11) is 1.82. The van der Waals surface area contributed by atoms with Crippen LogP contribution >= 0.6 is 35.3 Å². The lowest BCUT2D eigenvalue weighted by Crippen LogP contribution is -2.46. The molecule has 0 spiro atoms. The molecule has 0 saturated heterocycles. The van der Waals surface area contributed by atoms with Crippen LogP contribution in [0.4, 0.5) is 0 Å². The van der Waals surface area contributed by atoms with Crippen LogP contribution in [0.2, 0.25) is 0 Å². The van der Waals surface area contributed by atoms with E-state index in [1.807, 2.05) is 42.6 Å². The van der Waals surface area contributed by atoms with E-state index in [-0.39, 0.29) is 36.0 Å². The van der Waals surface area contributed by atoms with Crippen LogP contribution in [-0.4, -0.2) is 38.6 Å². The highest BCUT2D eigenvalue weighted by Gasteiger charge is 2.34. The van der Waals surface area contributed by atoms with Crippen molar-refractivity contribution in [2.45, 2.75) is 43.9 Å². The molecule has 170 valence electrons. The van der Waals surface area contributed by atoms with Gasteiger partial charge >= 0.3 is 0 Å². The van der Waals surface area contributed by atoms with Crippen molar-refractivity contribution in [1.82, 2.24) is 10.6 Å². The van der Waals surface area contributed by atoms with Gasteiger partial charge in [-0.3, -0.25) is 9.79 Å². The van der Waals surface area contributed by atoms with Crippen molar-refractivity contribution < 1.29 is 9.53 Å². The third kappa shape index (κ3) is 7.68. The summed E-state index contributed by atoms with van der Waals surface area (Å²) >= 11 is 1.87. The number of amides is 1. The molecule has 1 amide bonds. The lowest BCUT2D eigenvalue weighted by molar-refractivity contribution is -0.119. The summed E-state index contributed by atoms with van der Waals surface area (Å²) in [5.74, 6) is 1.02. The van der Waals surface area contributed by atoms with Crippen molar-refractivity contribution in [2.24, 2.45) is 10.7 Å². The molecule has 1 aliphatic rings. The van der Waals surface area contributed by atoms with Crippen LogP contribution in [0.1, 0.15) is 42.5 Å². The molecular weight excluding hydrogens is 523 g/mol. The van der Waals surface area contributed by atoms with Crippen molar-refractivity contribution in [3.63, 3.8) is 0 Å². The molecule has 2 aromatic rings. The van der Waals surface area contributed by atoms with Crippen molar-refractivity contribution in [1.29, 1.82) is 0 Å². The number of nitrogens with two attached hydrogens (primary N) is 1. The molecule has 1 saturated carbocycles. The Hall–Kier alpha value is -1.81. The number of thiophene rings is 1. The normalized spacial score (nSPS) is 15.6. The number of aliphatic imine (C=N–C) groups is 1. The molecule has 1 aromatic carbocycles. The van der Waals surface area contributed by atoms with E-state index < -0.39 is 5.91 Å². The first-order valence-electron chi connectivity index (χ1n) is 10.6. The second-order valence-corrected chi connectivity index (χ2v) is 8.77. The summed E-state index contributed by atoms with van der Waals surface area (Å²) in [6, 6.07) is 12.2. The van der Waals surface area contributed by atoms with Gasteiger partial charge in [-0.15, -0.1) is 35.3 Å². The summed E-state index contributed by atoms with van der Waals surface area (Å²) in [6.45, 7) is 1.60. The summed E-state index contributed by atoms with van der Waals surface area (Å²) in [5.41, 5.74) is 6.51. The molecule has 0 atom stereocenters. The van der Waals surface area contributed by atoms with E-state index in [9.17, 15) is 4.79 Å². The third-order valence-electron chi connectivity index (χ3n) is 5.68. The second-order valence-electron chi connectivity index (χ2n) is 7.82. The van der Waals surface area contributed by atoms with E-state index in [0.29, 0.717) is 5.75 Å². The number of halogens is 1. The number of nitrogens with zero attached hydrogens (tertiary/aromatic N) is 1. The van der Waals surface area contributed by atoms with Crippen LogP contribution in [0, 0.1) is 0 Å². The maximum absolute atomic E-state index is 10.8. The molecule has 0 unspecified atom stereocenters. The highest BCUT2D eigenvalue weighted by molar-refractivity contribution is 14.0. The van der Waals surface area contributed by atoms with E-state index in [4.69, 9.17) is 10.5 Å². The van der Waals surface area contributed by atoms with Crippen LogP contribution in [-0.2, 0) is 16.6 Å². The Kier molecular flexibility index (Phi) is 10.6. The number of guanidine groups is 1. The summed E-state index contributed by atoms with van der Waals surface area (Å²) in [6.07, 6.45) is 7.28. The fraction of sp³-hybridized carbons (Fsp3) is 0.478. The zero-order valence-electron chi connectivity index (χ0n) is 18.1. The molecule has 31 heavy (non-hydrogen) atoms. The van der Waals surface area contributed by atoms with E-state index in [0.717, 1.165) is 25.5 Å². The van der Waals surface area contributed by atoms with Gasteiger partial charge in [0, 0.05) is 30.4 Å². The van der Waals surface area contributed by atoms with Gasteiger partial charge in [0.25, 0.3) is 5.91 Å². The average Bonchev–Trinajstić information content (AvgIpc) is 3.32. The summed E-state index contributed by atoms with van der Waals surface area (Å²) in [5, 5.41) is 9.18. The Balaban J connectivity index is 0.00000341. The minimum atomic E-state index is -0.476. The Morgan fingerprint density at radius 2 is 1.90 bits per heavy atom. The van der Waals surface area contributed by atoms with Crippen molar-refractivity contribution in [3.05, 3.63) is 52.2 Å². The first-order valence-corrected chi connectivity index (χ1v) is 11.5. The number of primary amides is 1. The van der Waals surface area contributed by atoms with Crippen molar-refractivity contribution >= 4 is 47.2 Å². The molecule has 1 aromatic heterocycles. The Morgan fingerprint density at radius 3 is 2.52 bits per heavy atom. The monoisotopic (exact) mass is 556 g/mol. The van der Waals surface area contributed by atoms with Gasteiger partial charge in [-0.25, -0.2) is 0 Å². The van der Waals surface area contributed by atoms with Crippen LogP contribution in [0.25, 0.3) is 0 Å². The number of rotatable bonds is 9. The Bertz CT molecular complexity index is 819. The number of carbonyl (C=O) groups excluding carboxylic acids is 1. The zero-order chi connectivity index (χ0) is 21.2. The Labute approximate surface area is 206 Å². The standard InChI is InChI=1S/C23H32N4O2S.HI/c1-25-22(26-14-11-18-7-9-19(10-8-18)29-16-21(24)28)27-17-23(12-3-2-4-13-23)20-6-5-15-30-20;/h5-10,15H,2-4,11-14,16-17H2,1H3,(H2,24,28)(H2,25,26,27);1H. The van der Waals surface area contributed by atoms with Crippen LogP contribution < -0.4 is 21.1 Å². The molecule has 0 aliphatic heterocycles. The second kappa shape index (κ2) is 12.9. The van der Waals surface area contributed by atoms with E-state index in [2.05, 4.69) is 33.1 Å². The lowest BCUT2D eigenvalue weighted by atomic mass is 9.73. The number of benzene rings is 1. The highest BCUT2D eigenvalue weighted by Crippen LogP contribution is 2.41.